The van der Waals surface area contributed by atoms with Gasteiger partial charge in [-0.1, -0.05) is 12.1 Å². The van der Waals surface area contributed by atoms with Gasteiger partial charge in [-0.2, -0.15) is 0 Å². The van der Waals surface area contributed by atoms with Crippen LogP contribution in [0.4, 0.5) is 5.69 Å². The van der Waals surface area contributed by atoms with Crippen molar-refractivity contribution in [2.45, 2.75) is 38.1 Å². The normalized spacial score (nSPS) is 21.1. The Morgan fingerprint density at radius 2 is 1.95 bits per heavy atom. The van der Waals surface area contributed by atoms with Gasteiger partial charge >= 0.3 is 0 Å². The monoisotopic (exact) mass is 301 g/mol. The Labute approximate surface area is 131 Å². The summed E-state index contributed by atoms with van der Waals surface area (Å²) in [7, 11) is 0. The number of para-hydroxylation sites is 1. The topological polar surface area (TPSA) is 61.4 Å². The maximum atomic E-state index is 12.6. The van der Waals surface area contributed by atoms with Crippen molar-refractivity contribution in [2.24, 2.45) is 0 Å². The summed E-state index contributed by atoms with van der Waals surface area (Å²) in [6.45, 7) is 2.61. The van der Waals surface area contributed by atoms with Crippen molar-refractivity contribution in [1.82, 2.24) is 10.2 Å². The van der Waals surface area contributed by atoms with E-state index in [0.29, 0.717) is 17.7 Å². The lowest BCUT2D eigenvalue weighted by Gasteiger charge is -2.18. The molecule has 1 aromatic carbocycles. The van der Waals surface area contributed by atoms with Crippen LogP contribution in [0, 0.1) is 0 Å². The number of carbonyl (C=O) groups excluding carboxylic acids is 2. The van der Waals surface area contributed by atoms with Crippen molar-refractivity contribution in [2.75, 3.05) is 25.0 Å². The fraction of sp³-hybridized carbons (Fsp3) is 0.529. The van der Waals surface area contributed by atoms with E-state index in [1.54, 1.807) is 6.07 Å². The molecule has 2 fully saturated rings. The molecule has 5 heteroatoms. The first-order chi connectivity index (χ1) is 10.7. The van der Waals surface area contributed by atoms with Crippen LogP contribution in [0.5, 0.6) is 0 Å². The number of carbonyl (C=O) groups is 2. The largest absolute Gasteiger partial charge is 0.339 e. The molecule has 1 atom stereocenters. The molecule has 2 amide bonds. The van der Waals surface area contributed by atoms with E-state index in [1.807, 2.05) is 23.1 Å². The second-order valence-electron chi connectivity index (χ2n) is 6.09. The van der Waals surface area contributed by atoms with Gasteiger partial charge in [0, 0.05) is 25.6 Å². The molecular weight excluding hydrogens is 278 g/mol. The number of likely N-dealkylation sites (tertiary alicyclic amines) is 1. The average Bonchev–Trinajstić information content (AvgIpc) is 3.20. The van der Waals surface area contributed by atoms with Crippen LogP contribution in [0.25, 0.3) is 0 Å². The maximum absolute atomic E-state index is 12.6. The van der Waals surface area contributed by atoms with Crippen LogP contribution in [0.2, 0.25) is 0 Å². The third-order valence-electron chi connectivity index (χ3n) is 4.42. The lowest BCUT2D eigenvalue weighted by molar-refractivity contribution is -0.116. The highest BCUT2D eigenvalue weighted by molar-refractivity contribution is 6.03. The molecule has 2 N–H and O–H groups in total. The molecule has 0 aromatic heterocycles. The first-order valence-corrected chi connectivity index (χ1v) is 8.15. The summed E-state index contributed by atoms with van der Waals surface area (Å²) in [6.07, 6.45) is 4.76. The van der Waals surface area contributed by atoms with E-state index in [1.165, 1.54) is 0 Å². The van der Waals surface area contributed by atoms with Crippen LogP contribution in [-0.4, -0.2) is 42.4 Å². The molecule has 1 aromatic rings. The fourth-order valence-electron chi connectivity index (χ4n) is 3.23. The van der Waals surface area contributed by atoms with Gasteiger partial charge in [-0.3, -0.25) is 9.59 Å². The highest BCUT2D eigenvalue weighted by Crippen LogP contribution is 2.21. The number of amides is 2. The highest BCUT2D eigenvalue weighted by atomic mass is 16.2. The third-order valence-corrected chi connectivity index (χ3v) is 4.42. The molecule has 1 unspecified atom stereocenters. The van der Waals surface area contributed by atoms with Crippen LogP contribution in [0.15, 0.2) is 24.3 Å². The summed E-state index contributed by atoms with van der Waals surface area (Å²) >= 11 is 0. The Morgan fingerprint density at radius 1 is 1.18 bits per heavy atom. The number of hydrogen-bond donors (Lipinski definition) is 2. The maximum Gasteiger partial charge on any atom is 0.255 e. The van der Waals surface area contributed by atoms with Crippen molar-refractivity contribution in [3.05, 3.63) is 29.8 Å². The quantitative estimate of drug-likeness (QED) is 0.894. The summed E-state index contributed by atoms with van der Waals surface area (Å²) in [5.74, 6) is -0.00605. The molecule has 2 heterocycles. The number of nitrogens with one attached hydrogen (secondary N) is 2. The minimum absolute atomic E-state index is 0.0207. The SMILES string of the molecule is O=C(CC1CCCN1)Nc1ccccc1C(=O)N1CCCC1. The average molecular weight is 301 g/mol. The van der Waals surface area contributed by atoms with Crippen molar-refractivity contribution < 1.29 is 9.59 Å². The van der Waals surface area contributed by atoms with Gasteiger partial charge in [0.05, 0.1) is 11.3 Å². The number of benzene rings is 1. The van der Waals surface area contributed by atoms with E-state index >= 15 is 0 Å². The van der Waals surface area contributed by atoms with Gasteiger partial charge in [0.2, 0.25) is 5.91 Å². The lowest BCUT2D eigenvalue weighted by Crippen LogP contribution is -2.30. The molecule has 3 rings (SSSR count). The second kappa shape index (κ2) is 6.92. The number of rotatable bonds is 4. The molecule has 2 saturated heterocycles. The van der Waals surface area contributed by atoms with Gasteiger partial charge in [0.15, 0.2) is 0 Å². The molecule has 118 valence electrons. The Hall–Kier alpha value is -1.88. The fourth-order valence-corrected chi connectivity index (χ4v) is 3.23. The number of anilines is 1. The highest BCUT2D eigenvalue weighted by Gasteiger charge is 2.23. The Balaban J connectivity index is 1.67. The molecule has 22 heavy (non-hydrogen) atoms. The van der Waals surface area contributed by atoms with Crippen molar-refractivity contribution in [3.8, 4) is 0 Å². The van der Waals surface area contributed by atoms with Gasteiger partial charge in [0.1, 0.15) is 0 Å². The van der Waals surface area contributed by atoms with Gasteiger partial charge < -0.3 is 15.5 Å². The van der Waals surface area contributed by atoms with Gasteiger partial charge in [0.25, 0.3) is 5.91 Å². The smallest absolute Gasteiger partial charge is 0.255 e. The van der Waals surface area contributed by atoms with E-state index in [9.17, 15) is 9.59 Å². The van der Waals surface area contributed by atoms with Gasteiger partial charge in [-0.15, -0.1) is 0 Å². The van der Waals surface area contributed by atoms with E-state index in [-0.39, 0.29) is 17.9 Å². The van der Waals surface area contributed by atoms with Crippen LogP contribution < -0.4 is 10.6 Å². The van der Waals surface area contributed by atoms with Crippen LogP contribution >= 0.6 is 0 Å². The van der Waals surface area contributed by atoms with E-state index in [4.69, 9.17) is 0 Å². The minimum Gasteiger partial charge on any atom is -0.339 e. The zero-order valence-corrected chi connectivity index (χ0v) is 12.8. The van der Waals surface area contributed by atoms with Crippen molar-refractivity contribution >= 4 is 17.5 Å². The van der Waals surface area contributed by atoms with Crippen LogP contribution in [-0.2, 0) is 4.79 Å². The summed E-state index contributed by atoms with van der Waals surface area (Å²) in [5.41, 5.74) is 1.22. The van der Waals surface area contributed by atoms with Crippen molar-refractivity contribution in [3.63, 3.8) is 0 Å². The standard InChI is InChI=1S/C17H23N3O2/c21-16(12-13-6-5-9-18-13)19-15-8-2-1-7-14(15)17(22)20-10-3-4-11-20/h1-2,7-8,13,18H,3-6,9-12H2,(H,19,21). The van der Waals surface area contributed by atoms with Crippen LogP contribution in [0.3, 0.4) is 0 Å². The molecule has 0 saturated carbocycles. The Kier molecular flexibility index (Phi) is 4.73. The molecule has 5 nitrogen and oxygen atoms in total. The third kappa shape index (κ3) is 3.47. The summed E-state index contributed by atoms with van der Waals surface area (Å²) in [6, 6.07) is 7.57. The predicted octanol–water partition coefficient (Wildman–Crippen LogP) is 2.00. The van der Waals surface area contributed by atoms with Crippen molar-refractivity contribution in [1.29, 1.82) is 0 Å². The Morgan fingerprint density at radius 3 is 2.68 bits per heavy atom. The van der Waals surface area contributed by atoms with Crippen LogP contribution in [0.1, 0.15) is 42.5 Å². The first kappa shape index (κ1) is 15.0. The summed E-state index contributed by atoms with van der Waals surface area (Å²) in [4.78, 5) is 26.6. The van der Waals surface area contributed by atoms with E-state index in [2.05, 4.69) is 10.6 Å². The Bertz CT molecular complexity index is 547. The molecule has 0 radical (unpaired) electrons. The number of nitrogens with zero attached hydrogens (tertiary/aromatic N) is 1. The van der Waals surface area contributed by atoms with E-state index < -0.39 is 0 Å². The van der Waals surface area contributed by atoms with Gasteiger partial charge in [-0.25, -0.2) is 0 Å². The minimum atomic E-state index is -0.0268. The molecular formula is C17H23N3O2. The van der Waals surface area contributed by atoms with Gasteiger partial charge in [-0.05, 0) is 44.4 Å². The zero-order chi connectivity index (χ0) is 15.4. The molecule has 0 bridgehead atoms. The number of hydrogen-bond acceptors (Lipinski definition) is 3. The first-order valence-electron chi connectivity index (χ1n) is 8.15. The second-order valence-corrected chi connectivity index (χ2v) is 6.09. The molecule has 2 aliphatic heterocycles. The predicted molar refractivity (Wildman–Crippen MR) is 85.9 cm³/mol. The summed E-state index contributed by atoms with van der Waals surface area (Å²) < 4.78 is 0. The molecule has 0 spiro atoms. The van der Waals surface area contributed by atoms with E-state index in [0.717, 1.165) is 45.3 Å². The zero-order valence-electron chi connectivity index (χ0n) is 12.8. The lowest BCUT2D eigenvalue weighted by atomic mass is 10.1. The molecule has 2 aliphatic rings. The molecule has 0 aliphatic carbocycles. The summed E-state index contributed by atoms with van der Waals surface area (Å²) in [5, 5.41) is 6.23.